The third kappa shape index (κ3) is 2.36. The molecule has 0 aromatic carbocycles. The van der Waals surface area contributed by atoms with Crippen LogP contribution in [0.5, 0.6) is 0 Å². The number of amides is 1. The second kappa shape index (κ2) is 5.70. The summed E-state index contributed by atoms with van der Waals surface area (Å²) in [4.78, 5) is 18.2. The number of aromatic nitrogens is 5. The third-order valence-corrected chi connectivity index (χ3v) is 4.44. The van der Waals surface area contributed by atoms with Gasteiger partial charge in [0.05, 0.1) is 30.2 Å². The second-order valence-corrected chi connectivity index (χ2v) is 6.36. The molecule has 25 heavy (non-hydrogen) atoms. The molecular formula is C17H17N7O. The number of rotatable bonds is 3. The zero-order chi connectivity index (χ0) is 17.6. The van der Waals surface area contributed by atoms with Gasteiger partial charge in [-0.05, 0) is 26.3 Å². The summed E-state index contributed by atoms with van der Waals surface area (Å²) in [6, 6.07) is 4.15. The Kier molecular flexibility index (Phi) is 3.50. The molecule has 0 spiro atoms. The van der Waals surface area contributed by atoms with Crippen LogP contribution in [-0.2, 0) is 4.79 Å². The highest BCUT2D eigenvalue weighted by Gasteiger charge is 2.35. The first-order chi connectivity index (χ1) is 12.1. The number of pyridine rings is 1. The van der Waals surface area contributed by atoms with Crippen molar-refractivity contribution in [2.45, 2.75) is 26.3 Å². The van der Waals surface area contributed by atoms with Crippen LogP contribution in [0.4, 0.5) is 5.82 Å². The zero-order valence-electron chi connectivity index (χ0n) is 14.0. The maximum atomic E-state index is 12.4. The molecule has 8 heteroatoms. The Morgan fingerprint density at radius 1 is 1.36 bits per heavy atom. The third-order valence-electron chi connectivity index (χ3n) is 4.44. The van der Waals surface area contributed by atoms with Crippen LogP contribution in [0, 0.1) is 17.2 Å². The number of hydrogen-bond donors (Lipinski definition) is 0. The van der Waals surface area contributed by atoms with E-state index in [2.05, 4.69) is 35.1 Å². The van der Waals surface area contributed by atoms with E-state index in [1.165, 1.54) is 0 Å². The maximum Gasteiger partial charge on any atom is 0.245 e. The van der Waals surface area contributed by atoms with Crippen molar-refractivity contribution < 1.29 is 4.79 Å². The topological polar surface area (TPSA) is 92.6 Å². The van der Waals surface area contributed by atoms with Crippen molar-refractivity contribution in [2.24, 2.45) is 5.92 Å². The molecule has 4 rings (SSSR count). The Labute approximate surface area is 144 Å². The molecule has 3 aromatic rings. The van der Waals surface area contributed by atoms with Gasteiger partial charge >= 0.3 is 0 Å². The molecule has 1 fully saturated rings. The molecule has 0 bridgehead atoms. The molecule has 0 radical (unpaired) electrons. The zero-order valence-corrected chi connectivity index (χ0v) is 14.0. The van der Waals surface area contributed by atoms with E-state index in [1.54, 1.807) is 28.2 Å². The van der Waals surface area contributed by atoms with Crippen LogP contribution in [0.1, 0.15) is 26.3 Å². The number of fused-ring (bicyclic) bond motifs is 1. The van der Waals surface area contributed by atoms with E-state index in [0.717, 1.165) is 16.6 Å². The summed E-state index contributed by atoms with van der Waals surface area (Å²) in [6.07, 6.45) is 7.59. The monoisotopic (exact) mass is 335 g/mol. The van der Waals surface area contributed by atoms with Crippen LogP contribution in [0.3, 0.4) is 0 Å². The predicted molar refractivity (Wildman–Crippen MR) is 91.1 cm³/mol. The summed E-state index contributed by atoms with van der Waals surface area (Å²) in [6.45, 7) is 4.60. The van der Waals surface area contributed by atoms with Crippen LogP contribution in [0.25, 0.3) is 16.6 Å². The number of carbonyl (C=O) groups excluding carboxylic acids is 1. The first kappa shape index (κ1) is 15.3. The molecule has 1 unspecified atom stereocenters. The fraction of sp³-hybridized carbons (Fsp3) is 0.353. The first-order valence-electron chi connectivity index (χ1n) is 8.18. The van der Waals surface area contributed by atoms with Gasteiger partial charge in [0.2, 0.25) is 5.91 Å². The van der Waals surface area contributed by atoms with Gasteiger partial charge in [0.1, 0.15) is 11.6 Å². The van der Waals surface area contributed by atoms with E-state index < -0.39 is 5.92 Å². The molecule has 1 atom stereocenters. The Balaban J connectivity index is 1.85. The van der Waals surface area contributed by atoms with E-state index in [-0.39, 0.29) is 11.9 Å². The molecule has 4 heterocycles. The molecule has 1 amide bonds. The number of hydrogen-bond acceptors (Lipinski definition) is 5. The smallest absolute Gasteiger partial charge is 0.245 e. The van der Waals surface area contributed by atoms with Crippen molar-refractivity contribution in [1.29, 1.82) is 5.26 Å². The Hall–Kier alpha value is -3.21. The summed E-state index contributed by atoms with van der Waals surface area (Å²) >= 11 is 0. The first-order valence-corrected chi connectivity index (χ1v) is 8.18. The van der Waals surface area contributed by atoms with Crippen LogP contribution in [0.15, 0.2) is 30.9 Å². The molecule has 0 aliphatic carbocycles. The standard InChI is InChI=1S/C17H17N7O/c1-11(2)23-10-13(8-20-23)24-15-9-19-5-3-14(15)16(21-24)22-6-4-12(7-18)17(22)25/h3,5,8-12H,4,6H2,1-2H3. The van der Waals surface area contributed by atoms with E-state index in [4.69, 9.17) is 5.26 Å². The lowest BCUT2D eigenvalue weighted by Crippen LogP contribution is -2.27. The SMILES string of the molecule is CC(C)n1cc(-n2nc(N3CCC(C#N)C3=O)c3ccncc32)cn1. The van der Waals surface area contributed by atoms with Gasteiger partial charge in [0, 0.05) is 24.2 Å². The molecule has 0 N–H and O–H groups in total. The number of anilines is 1. The van der Waals surface area contributed by atoms with E-state index in [1.807, 2.05) is 16.9 Å². The fourth-order valence-electron chi connectivity index (χ4n) is 3.07. The van der Waals surface area contributed by atoms with Crippen molar-refractivity contribution >= 4 is 22.6 Å². The van der Waals surface area contributed by atoms with Gasteiger partial charge < -0.3 is 0 Å². The number of nitrogens with zero attached hydrogens (tertiary/aromatic N) is 7. The predicted octanol–water partition coefficient (Wildman–Crippen LogP) is 2.07. The number of carbonyl (C=O) groups is 1. The van der Waals surface area contributed by atoms with Crippen molar-refractivity contribution in [3.63, 3.8) is 0 Å². The lowest BCUT2D eigenvalue weighted by molar-refractivity contribution is -0.119. The van der Waals surface area contributed by atoms with Crippen LogP contribution < -0.4 is 4.90 Å². The molecule has 3 aromatic heterocycles. The molecule has 0 saturated carbocycles. The lowest BCUT2D eigenvalue weighted by atomic mass is 10.1. The largest absolute Gasteiger partial charge is 0.294 e. The summed E-state index contributed by atoms with van der Waals surface area (Å²) in [7, 11) is 0. The van der Waals surface area contributed by atoms with Gasteiger partial charge in [-0.1, -0.05) is 0 Å². The van der Waals surface area contributed by atoms with Crippen LogP contribution in [0.2, 0.25) is 0 Å². The van der Waals surface area contributed by atoms with Gasteiger partial charge in [-0.15, -0.1) is 5.10 Å². The quantitative estimate of drug-likeness (QED) is 0.730. The van der Waals surface area contributed by atoms with Crippen molar-refractivity contribution in [2.75, 3.05) is 11.4 Å². The minimum atomic E-state index is -0.592. The molecule has 1 aliphatic rings. The van der Waals surface area contributed by atoms with E-state index in [9.17, 15) is 4.79 Å². The Bertz CT molecular complexity index is 994. The van der Waals surface area contributed by atoms with E-state index in [0.29, 0.717) is 18.8 Å². The Morgan fingerprint density at radius 3 is 2.88 bits per heavy atom. The molecular weight excluding hydrogens is 318 g/mol. The summed E-state index contributed by atoms with van der Waals surface area (Å²) < 4.78 is 3.60. The molecule has 1 aliphatic heterocycles. The van der Waals surface area contributed by atoms with E-state index >= 15 is 0 Å². The maximum absolute atomic E-state index is 12.4. The highest BCUT2D eigenvalue weighted by Crippen LogP contribution is 2.32. The minimum Gasteiger partial charge on any atom is -0.294 e. The van der Waals surface area contributed by atoms with Gasteiger partial charge in [0.15, 0.2) is 5.82 Å². The summed E-state index contributed by atoms with van der Waals surface area (Å²) in [5.74, 6) is -0.216. The van der Waals surface area contributed by atoms with Gasteiger partial charge in [0.25, 0.3) is 0 Å². The van der Waals surface area contributed by atoms with Crippen molar-refractivity contribution in [1.82, 2.24) is 24.5 Å². The Morgan fingerprint density at radius 2 is 2.20 bits per heavy atom. The normalized spacial score (nSPS) is 17.6. The van der Waals surface area contributed by atoms with Gasteiger partial charge in [-0.25, -0.2) is 4.68 Å². The summed E-state index contributed by atoms with van der Waals surface area (Å²) in [5.41, 5.74) is 1.61. The fourth-order valence-corrected chi connectivity index (χ4v) is 3.07. The number of nitriles is 1. The van der Waals surface area contributed by atoms with Gasteiger partial charge in [-0.2, -0.15) is 10.4 Å². The van der Waals surface area contributed by atoms with Gasteiger partial charge in [-0.3, -0.25) is 19.4 Å². The average molecular weight is 335 g/mol. The second-order valence-electron chi connectivity index (χ2n) is 6.36. The van der Waals surface area contributed by atoms with Crippen LogP contribution >= 0.6 is 0 Å². The van der Waals surface area contributed by atoms with Crippen molar-refractivity contribution in [3.8, 4) is 11.8 Å². The minimum absolute atomic E-state index is 0.191. The molecule has 8 nitrogen and oxygen atoms in total. The van der Waals surface area contributed by atoms with Crippen LogP contribution in [-0.4, -0.2) is 37.0 Å². The highest BCUT2D eigenvalue weighted by atomic mass is 16.2. The lowest BCUT2D eigenvalue weighted by Gasteiger charge is -2.12. The average Bonchev–Trinajstić information content (AvgIpc) is 3.31. The molecule has 126 valence electrons. The molecule has 1 saturated heterocycles. The highest BCUT2D eigenvalue weighted by molar-refractivity contribution is 6.04. The van der Waals surface area contributed by atoms with Crippen molar-refractivity contribution in [3.05, 3.63) is 30.9 Å². The summed E-state index contributed by atoms with van der Waals surface area (Å²) in [5, 5.41) is 19.0.